The number of H-pyrrole nitrogens is 1. The first-order chi connectivity index (χ1) is 31.8. The van der Waals surface area contributed by atoms with Crippen LogP contribution in [0.5, 0.6) is 0 Å². The molecule has 1 saturated heterocycles. The summed E-state index contributed by atoms with van der Waals surface area (Å²) in [6.45, 7) is 9.32. The van der Waals surface area contributed by atoms with Crippen LogP contribution in [0, 0.1) is 11.7 Å². The molecule has 1 N–H and O–H groups in total. The Morgan fingerprint density at radius 2 is 1.71 bits per heavy atom. The summed E-state index contributed by atoms with van der Waals surface area (Å²) in [5.41, 5.74) is 6.10. The topological polar surface area (TPSA) is 164 Å². The second-order valence-corrected chi connectivity index (χ2v) is 19.5. The van der Waals surface area contributed by atoms with Gasteiger partial charge in [-0.15, -0.1) is 0 Å². The number of nitrogens with zero attached hydrogens (tertiary/aromatic N) is 9. The quantitative estimate of drug-likeness (QED) is 0.160. The first kappa shape index (κ1) is 40.6. The lowest BCUT2D eigenvalue weighted by Crippen LogP contribution is -2.41. The fraction of sp³-hybridized carbons (Fsp3) is 0.380. The monoisotopic (exact) mass is 888 g/mol. The molecular formula is C50H49FN10O5. The summed E-state index contributed by atoms with van der Waals surface area (Å²) in [6, 6.07) is 18.5. The predicted octanol–water partition coefficient (Wildman–Crippen LogP) is 7.83. The molecule has 4 atom stereocenters. The highest BCUT2D eigenvalue weighted by atomic mass is 19.1. The highest BCUT2D eigenvalue weighted by molar-refractivity contribution is 6.00. The molecule has 3 aromatic carbocycles. The third-order valence-electron chi connectivity index (χ3n) is 14.8. The van der Waals surface area contributed by atoms with Crippen molar-refractivity contribution in [3.8, 4) is 22.6 Å². The van der Waals surface area contributed by atoms with Gasteiger partial charge >= 0.3 is 5.76 Å². The van der Waals surface area contributed by atoms with Crippen LogP contribution in [0.4, 0.5) is 4.39 Å². The largest absolute Gasteiger partial charge is 0.438 e. The van der Waals surface area contributed by atoms with Gasteiger partial charge in [0, 0.05) is 54.7 Å². The van der Waals surface area contributed by atoms with E-state index in [1.807, 2.05) is 49.2 Å². The number of hydrogen-bond acceptors (Lipinski definition) is 9. The molecule has 16 heteroatoms. The molecule has 336 valence electrons. The average molecular weight is 889 g/mol. The lowest BCUT2D eigenvalue weighted by atomic mass is 9.83. The van der Waals surface area contributed by atoms with Crippen LogP contribution in [0.25, 0.3) is 44.4 Å². The molecule has 66 heavy (non-hydrogen) atoms. The maximum absolute atomic E-state index is 15.6. The molecule has 3 fully saturated rings. The zero-order valence-electron chi connectivity index (χ0n) is 37.4. The van der Waals surface area contributed by atoms with Gasteiger partial charge in [0.15, 0.2) is 5.82 Å². The molecule has 0 unspecified atom stereocenters. The molecule has 0 spiro atoms. The van der Waals surface area contributed by atoms with Gasteiger partial charge in [0.1, 0.15) is 23.4 Å². The lowest BCUT2D eigenvalue weighted by Gasteiger charge is -2.35. The van der Waals surface area contributed by atoms with Crippen molar-refractivity contribution in [2.24, 2.45) is 13.0 Å². The maximum atomic E-state index is 15.6. The number of fused-ring (bicyclic) bond motifs is 3. The number of rotatable bonds is 8. The first-order valence-corrected chi connectivity index (χ1v) is 22.9. The summed E-state index contributed by atoms with van der Waals surface area (Å²) < 4.78 is 33.5. The predicted molar refractivity (Wildman–Crippen MR) is 244 cm³/mol. The van der Waals surface area contributed by atoms with Gasteiger partial charge in [-0.3, -0.25) is 28.3 Å². The van der Waals surface area contributed by atoms with Gasteiger partial charge in [-0.1, -0.05) is 18.1 Å². The van der Waals surface area contributed by atoms with E-state index in [2.05, 4.69) is 63.8 Å². The van der Waals surface area contributed by atoms with E-state index in [0.29, 0.717) is 65.7 Å². The summed E-state index contributed by atoms with van der Waals surface area (Å²) in [6.07, 6.45) is 9.43. The summed E-state index contributed by atoms with van der Waals surface area (Å²) in [5.74, 6) is -0.329. The van der Waals surface area contributed by atoms with Crippen LogP contribution in [0.3, 0.4) is 0 Å². The smallest absolute Gasteiger partial charge is 0.376 e. The number of ether oxygens (including phenoxy) is 1. The van der Waals surface area contributed by atoms with Gasteiger partial charge < -0.3 is 14.2 Å². The Morgan fingerprint density at radius 1 is 0.909 bits per heavy atom. The standard InChI is InChI=1S/C50H49FN10O5/c1-27-22-50(27,47-54-48(64)66-56-47)60-41-12-8-30(31-15-17-65-49(3,4)23-31)18-32(41)20-42(60)46(63)58-16-14-39-43(28(58)2)44(61(55-39)35-9-11-38(51)36(21-35)29-6-7-29)37-25-52-26-59(45(37)62)34-10-13-40-33(19-34)24-53-57(40)5/h8-13,18-21,24-29,31H,6-7,14-17,22-23H2,1-5H3,(H,54,56,64)/t27-,28-,31-,50-/m0/s1. The molecule has 7 heterocycles. The molecule has 1 amide bonds. The van der Waals surface area contributed by atoms with Crippen LogP contribution in [-0.4, -0.2) is 73.4 Å². The van der Waals surface area contributed by atoms with Crippen molar-refractivity contribution in [2.45, 2.75) is 95.2 Å². The third-order valence-corrected chi connectivity index (χ3v) is 14.8. The second kappa shape index (κ2) is 14.5. The fourth-order valence-electron chi connectivity index (χ4n) is 11.1. The number of nitrogens with one attached hydrogen (secondary N) is 1. The van der Waals surface area contributed by atoms with E-state index >= 15 is 9.18 Å². The molecule has 15 nitrogen and oxygen atoms in total. The normalized spacial score (nSPS) is 22.6. The van der Waals surface area contributed by atoms with Gasteiger partial charge in [-0.25, -0.2) is 18.9 Å². The highest BCUT2D eigenvalue weighted by Crippen LogP contribution is 2.56. The minimum absolute atomic E-state index is 0.0226. The van der Waals surface area contributed by atoms with Crippen molar-refractivity contribution in [2.75, 3.05) is 13.2 Å². The summed E-state index contributed by atoms with van der Waals surface area (Å²) in [5, 5.41) is 15.5. The molecule has 4 aliphatic rings. The minimum Gasteiger partial charge on any atom is -0.376 e. The zero-order valence-corrected chi connectivity index (χ0v) is 37.4. The van der Waals surface area contributed by atoms with E-state index in [9.17, 15) is 9.59 Å². The Labute approximate surface area is 377 Å². The van der Waals surface area contributed by atoms with Crippen molar-refractivity contribution in [1.29, 1.82) is 0 Å². The van der Waals surface area contributed by atoms with Crippen LogP contribution >= 0.6 is 0 Å². The number of amides is 1. The van der Waals surface area contributed by atoms with Crippen LogP contribution < -0.4 is 11.3 Å². The number of aryl methyl sites for hydroxylation is 1. The molecule has 2 aliphatic carbocycles. The van der Waals surface area contributed by atoms with Crippen molar-refractivity contribution in [1.82, 2.24) is 48.7 Å². The van der Waals surface area contributed by atoms with Crippen LogP contribution in [0.1, 0.15) is 116 Å². The van der Waals surface area contributed by atoms with Crippen molar-refractivity contribution in [3.05, 3.63) is 140 Å². The van der Waals surface area contributed by atoms with E-state index in [1.54, 1.807) is 27.8 Å². The number of halogens is 1. The van der Waals surface area contributed by atoms with E-state index < -0.39 is 17.3 Å². The van der Waals surface area contributed by atoms with Crippen molar-refractivity contribution < 1.29 is 18.4 Å². The Hall–Kier alpha value is -6.94. The van der Waals surface area contributed by atoms with Crippen LogP contribution in [-0.2, 0) is 23.7 Å². The van der Waals surface area contributed by atoms with E-state index in [1.165, 1.54) is 22.5 Å². The molecular weight excluding hydrogens is 840 g/mol. The Bertz CT molecular complexity index is 3420. The molecule has 5 aromatic heterocycles. The fourth-order valence-corrected chi connectivity index (χ4v) is 11.1. The third kappa shape index (κ3) is 6.27. The number of aromatic nitrogens is 9. The second-order valence-electron chi connectivity index (χ2n) is 19.5. The zero-order chi connectivity index (χ0) is 45.4. The first-order valence-electron chi connectivity index (χ1n) is 22.9. The summed E-state index contributed by atoms with van der Waals surface area (Å²) in [7, 11) is 1.87. The number of carbonyl (C=O) groups excluding carboxylic acids is 1. The number of benzene rings is 3. The minimum atomic E-state index is -0.831. The van der Waals surface area contributed by atoms with Gasteiger partial charge in [0.05, 0.1) is 51.7 Å². The van der Waals surface area contributed by atoms with Crippen molar-refractivity contribution in [3.63, 3.8) is 0 Å². The summed E-state index contributed by atoms with van der Waals surface area (Å²) in [4.78, 5) is 52.3. The molecule has 2 aliphatic heterocycles. The molecule has 8 aromatic rings. The SMILES string of the molecule is C[C@H]1c2c(nn(-c3ccc(F)c(C4CC4)c3)c2-c2cncn(-c3ccc4c(cnn4C)c3)c2=O)CCN1C(=O)c1cc2cc([C@H]3CCOC(C)(C)C3)ccc2n1[C@@]1(c2noc(=O)[nH]2)C[C@@H]1C. The number of hydrogen-bond donors (Lipinski definition) is 1. The Balaban J connectivity index is 1.01. The van der Waals surface area contributed by atoms with Crippen molar-refractivity contribution >= 4 is 27.7 Å². The maximum Gasteiger partial charge on any atom is 0.438 e. The Kier molecular flexibility index (Phi) is 8.93. The molecule has 0 bridgehead atoms. The van der Waals surface area contributed by atoms with E-state index in [0.717, 1.165) is 53.2 Å². The van der Waals surface area contributed by atoms with Crippen LogP contribution in [0.2, 0.25) is 0 Å². The Morgan fingerprint density at radius 3 is 2.47 bits per heavy atom. The highest BCUT2D eigenvalue weighted by Gasteiger charge is 2.59. The number of carbonyl (C=O) groups is 1. The molecule has 2 saturated carbocycles. The van der Waals surface area contributed by atoms with Gasteiger partial charge in [0.2, 0.25) is 0 Å². The van der Waals surface area contributed by atoms with Gasteiger partial charge in [0.25, 0.3) is 11.5 Å². The van der Waals surface area contributed by atoms with E-state index in [4.69, 9.17) is 14.4 Å². The molecule has 0 radical (unpaired) electrons. The van der Waals surface area contributed by atoms with Gasteiger partial charge in [-0.2, -0.15) is 10.2 Å². The average Bonchev–Trinajstić information content (AvgIpc) is 4.01. The lowest BCUT2D eigenvalue weighted by molar-refractivity contribution is -0.0592. The number of aromatic amines is 1. The van der Waals surface area contributed by atoms with Gasteiger partial charge in [-0.05, 0) is 136 Å². The molecule has 12 rings (SSSR count). The summed E-state index contributed by atoms with van der Waals surface area (Å²) >= 11 is 0. The van der Waals surface area contributed by atoms with Crippen LogP contribution in [0.15, 0.2) is 93.5 Å². The van der Waals surface area contributed by atoms with E-state index in [-0.39, 0.29) is 46.2 Å².